The Morgan fingerprint density at radius 1 is 2.22 bits per heavy atom. The first-order valence-corrected chi connectivity index (χ1v) is 2.85. The van der Waals surface area contributed by atoms with Crippen LogP contribution in [0.3, 0.4) is 0 Å². The monoisotopic (exact) mass is 197 g/mol. The second-order valence-corrected chi connectivity index (χ2v) is 2.04. The van der Waals surface area contributed by atoms with Crippen molar-refractivity contribution in [2.45, 2.75) is 20.2 Å². The van der Waals surface area contributed by atoms with Gasteiger partial charge in [-0.25, -0.2) is 4.98 Å². The van der Waals surface area contributed by atoms with Crippen LogP contribution in [-0.4, -0.2) is 9.55 Å². The topological polar surface area (TPSA) is 17.8 Å². The maximum atomic E-state index is 7.55. The lowest BCUT2D eigenvalue weighted by Crippen LogP contribution is -1.93. The number of nitrogens with zero attached hydrogens (tertiary/aromatic N) is 2. The Balaban J connectivity index is 3.59. The van der Waals surface area contributed by atoms with Crippen LogP contribution in [0, 0.1) is 6.85 Å². The molecule has 1 heterocycles. The van der Waals surface area contributed by atoms with Crippen molar-refractivity contribution in [3.8, 4) is 0 Å². The fourth-order valence-corrected chi connectivity index (χ4v) is 0.739. The van der Waals surface area contributed by atoms with Gasteiger partial charge in [-0.15, -0.1) is 0 Å². The molecule has 2 nitrogen and oxygen atoms in total. The van der Waals surface area contributed by atoms with Gasteiger partial charge in [-0.1, -0.05) is 0 Å². The van der Waals surface area contributed by atoms with E-state index in [2.05, 4.69) is 20.9 Å². The Morgan fingerprint density at radius 3 is 3.78 bits per heavy atom. The van der Waals surface area contributed by atoms with Crippen LogP contribution in [0.15, 0.2) is 10.8 Å². The van der Waals surface area contributed by atoms with Crippen LogP contribution in [0.4, 0.5) is 0 Å². The number of hydrogen-bond acceptors (Lipinski definition) is 1. The molecule has 0 atom stereocenters. The van der Waals surface area contributed by atoms with Crippen molar-refractivity contribution in [3.63, 3.8) is 0 Å². The second-order valence-electron chi connectivity index (χ2n) is 1.29. The molecule has 0 spiro atoms. The number of hydrogen-bond donors (Lipinski definition) is 0. The summed E-state index contributed by atoms with van der Waals surface area (Å²) in [4.78, 5) is 3.50. The van der Waals surface area contributed by atoms with Gasteiger partial charge in [0, 0.05) is 23.6 Å². The Bertz CT molecular complexity index is 457. The molecule has 0 saturated heterocycles. The predicted octanol–water partition coefficient (Wildman–Crippen LogP) is 1.97. The molecule has 0 bridgehead atoms. The first-order chi connectivity index (χ1) is 7.80. The van der Waals surface area contributed by atoms with Crippen molar-refractivity contribution in [2.75, 3.05) is 0 Å². The molecule has 50 valence electrons. The highest BCUT2D eigenvalue weighted by molar-refractivity contribution is 9.10. The van der Waals surface area contributed by atoms with Gasteiger partial charge in [-0.3, -0.25) is 0 Å². The Kier molecular flexibility index (Phi) is 0.460. The van der Waals surface area contributed by atoms with E-state index in [1.54, 1.807) is 0 Å². The van der Waals surface area contributed by atoms with E-state index >= 15 is 0 Å². The number of rotatable bonds is 1. The summed E-state index contributed by atoms with van der Waals surface area (Å²) in [6.07, 6.45) is -0.637. The van der Waals surface area contributed by atoms with E-state index < -0.39 is 32.2 Å². The number of aryl methyl sites for hydroxylation is 1. The van der Waals surface area contributed by atoms with E-state index in [4.69, 9.17) is 12.3 Å². The van der Waals surface area contributed by atoms with Gasteiger partial charge in [0.2, 0.25) is 0 Å². The summed E-state index contributed by atoms with van der Waals surface area (Å²) in [5, 5.41) is 0. The summed E-state index contributed by atoms with van der Waals surface area (Å²) in [6.45, 7) is -8.98. The third-order valence-corrected chi connectivity index (χ3v) is 1.09. The lowest BCUT2D eigenvalue weighted by molar-refractivity contribution is 0.730. The molecule has 9 heavy (non-hydrogen) atoms. The summed E-state index contributed by atoms with van der Waals surface area (Å²) < 4.78 is 65.6. The van der Waals surface area contributed by atoms with Gasteiger partial charge in [-0.05, 0) is 29.6 Å². The number of imidazole rings is 1. The molecule has 0 aliphatic heterocycles. The van der Waals surface area contributed by atoms with E-state index in [9.17, 15) is 0 Å². The fourth-order valence-electron chi connectivity index (χ4n) is 0.394. The van der Waals surface area contributed by atoms with E-state index in [-0.39, 0.29) is 9.17 Å². The summed E-state index contributed by atoms with van der Waals surface area (Å²) in [5.74, 6) is -0.777. The maximum Gasteiger partial charge on any atom is 0.124 e. The van der Waals surface area contributed by atoms with Gasteiger partial charge < -0.3 is 4.57 Å². The molecule has 0 aliphatic rings. The van der Waals surface area contributed by atoms with E-state index in [0.717, 1.165) is 0 Å². The van der Waals surface area contributed by atoms with Gasteiger partial charge in [0.15, 0.2) is 0 Å². The smallest absolute Gasteiger partial charge is 0.124 e. The van der Waals surface area contributed by atoms with Crippen molar-refractivity contribution in [3.05, 3.63) is 16.6 Å². The highest BCUT2D eigenvalue weighted by atomic mass is 79.9. The molecule has 0 N–H and O–H groups in total. The summed E-state index contributed by atoms with van der Waals surface area (Å²) in [6, 6.07) is 0. The minimum atomic E-state index is -3.12. The van der Waals surface area contributed by atoms with Crippen molar-refractivity contribution in [1.82, 2.24) is 9.55 Å². The molecular weight excluding hydrogens is 180 g/mol. The van der Waals surface area contributed by atoms with E-state index in [1.165, 1.54) is 0 Å². The second kappa shape index (κ2) is 2.52. The van der Waals surface area contributed by atoms with Crippen LogP contribution in [0.1, 0.15) is 25.0 Å². The summed E-state index contributed by atoms with van der Waals surface area (Å²) in [7, 11) is 0. The molecule has 0 unspecified atom stereocenters. The van der Waals surface area contributed by atoms with Crippen LogP contribution in [0.25, 0.3) is 0 Å². The molecule has 3 heteroatoms. The Morgan fingerprint density at radius 2 is 3.11 bits per heavy atom. The zero-order valence-electron chi connectivity index (χ0n) is 13.3. The average molecular weight is 198 g/mol. The molecule has 0 fully saturated rings. The number of aromatic nitrogens is 2. The molecule has 0 aromatic carbocycles. The van der Waals surface area contributed by atoms with Gasteiger partial charge in [0.05, 0.1) is 1.37 Å². The van der Waals surface area contributed by atoms with Gasteiger partial charge >= 0.3 is 0 Å². The van der Waals surface area contributed by atoms with Crippen LogP contribution in [-0.2, 0) is 6.50 Å². The highest BCUT2D eigenvalue weighted by Gasteiger charge is 1.96. The SMILES string of the molecule is [2H]c1c(Br)nc(C([2H])([2H])[2H])n1C([2H])([2H])C([2H])([2H])[2H]. The Hall–Kier alpha value is -0.310. The average Bonchev–Trinajstić information content (AvgIpc) is 2.41. The van der Waals surface area contributed by atoms with Crippen LogP contribution < -0.4 is 0 Å². The fraction of sp³-hybridized carbons (Fsp3) is 0.500. The van der Waals surface area contributed by atoms with Crippen LogP contribution in [0.2, 0.25) is 0 Å². The van der Waals surface area contributed by atoms with E-state index in [0.29, 0.717) is 0 Å². The predicted molar refractivity (Wildman–Crippen MR) is 40.3 cm³/mol. The standard InChI is InChI=1S/C6H9BrN2/c1-3-9-4-6(7)8-5(9)2/h4H,3H2,1-2H3/i1D3,2D3,3D2,4D. The third kappa shape index (κ3) is 1.33. The highest BCUT2D eigenvalue weighted by Crippen LogP contribution is 2.07. The van der Waals surface area contributed by atoms with Crippen molar-refractivity contribution >= 4 is 15.9 Å². The minimum absolute atomic E-state index is 0.221. The van der Waals surface area contributed by atoms with Gasteiger partial charge in [-0.2, -0.15) is 0 Å². The Labute approximate surface area is 75.7 Å². The van der Waals surface area contributed by atoms with Gasteiger partial charge in [0.25, 0.3) is 0 Å². The normalized spacial score (nSPS) is 29.2. The maximum absolute atomic E-state index is 7.55. The first-order valence-electron chi connectivity index (χ1n) is 6.56. The number of halogens is 1. The van der Waals surface area contributed by atoms with Crippen molar-refractivity contribution < 1.29 is 12.3 Å². The van der Waals surface area contributed by atoms with Crippen molar-refractivity contribution in [1.29, 1.82) is 0 Å². The molecule has 1 aromatic rings. The zero-order valence-corrected chi connectivity index (χ0v) is 5.86. The zero-order chi connectivity index (χ0) is 14.5. The van der Waals surface area contributed by atoms with E-state index in [1.807, 2.05) is 0 Å². The lowest BCUT2D eigenvalue weighted by atomic mass is 10.6. The van der Waals surface area contributed by atoms with Crippen molar-refractivity contribution in [2.24, 2.45) is 0 Å². The largest absolute Gasteiger partial charge is 0.334 e. The molecule has 0 aliphatic carbocycles. The summed E-state index contributed by atoms with van der Waals surface area (Å²) >= 11 is 2.80. The first kappa shape index (κ1) is 1.64. The molecular formula is C6H9BrN2. The van der Waals surface area contributed by atoms with Crippen LogP contribution >= 0.6 is 15.9 Å². The third-order valence-electron chi connectivity index (χ3n) is 0.732. The quantitative estimate of drug-likeness (QED) is 0.674. The summed E-state index contributed by atoms with van der Waals surface area (Å²) in [5.41, 5.74) is 0. The molecule has 1 aromatic heterocycles. The molecule has 1 rings (SSSR count). The minimum Gasteiger partial charge on any atom is -0.334 e. The molecule has 0 radical (unpaired) electrons. The molecule has 0 amide bonds. The van der Waals surface area contributed by atoms with Crippen LogP contribution in [0.5, 0.6) is 0 Å². The van der Waals surface area contributed by atoms with Gasteiger partial charge in [0.1, 0.15) is 10.4 Å². The molecule has 0 saturated carbocycles. The lowest BCUT2D eigenvalue weighted by Gasteiger charge is -1.95.